The number of ether oxygens (including phenoxy) is 1. The fourth-order valence-corrected chi connectivity index (χ4v) is 6.98. The molecule has 3 heterocycles. The van der Waals surface area contributed by atoms with E-state index in [4.69, 9.17) is 4.74 Å². The van der Waals surface area contributed by atoms with E-state index < -0.39 is 16.4 Å². The summed E-state index contributed by atoms with van der Waals surface area (Å²) in [4.78, 5) is 41.9. The molecule has 0 saturated carbocycles. The second kappa shape index (κ2) is 9.06. The molecule has 194 valence electrons. The van der Waals surface area contributed by atoms with Gasteiger partial charge >= 0.3 is 0 Å². The molecule has 38 heavy (non-hydrogen) atoms. The molecule has 1 spiro atoms. The van der Waals surface area contributed by atoms with Gasteiger partial charge in [-0.15, -0.1) is 0 Å². The van der Waals surface area contributed by atoms with Crippen LogP contribution in [0.15, 0.2) is 66.7 Å². The van der Waals surface area contributed by atoms with Gasteiger partial charge in [-0.3, -0.25) is 24.6 Å². The van der Waals surface area contributed by atoms with Gasteiger partial charge in [0, 0.05) is 40.9 Å². The Kier molecular flexibility index (Phi) is 5.79. The summed E-state index contributed by atoms with van der Waals surface area (Å²) in [5, 5.41) is 14.5. The predicted octanol–water partition coefficient (Wildman–Crippen LogP) is 5.07. The topological polar surface area (TPSA) is 102 Å². The average Bonchev–Trinajstić information content (AvgIpc) is 3.61. The van der Waals surface area contributed by atoms with Crippen LogP contribution >= 0.6 is 0 Å². The molecule has 0 radical (unpaired) electrons. The summed E-state index contributed by atoms with van der Waals surface area (Å²) in [7, 11) is 1.56. The second-order valence-electron chi connectivity index (χ2n) is 10.3. The lowest BCUT2D eigenvalue weighted by Crippen LogP contribution is -2.52. The molecule has 0 bridgehead atoms. The number of aryl methyl sites for hydroxylation is 1. The lowest BCUT2D eigenvalue weighted by Gasteiger charge is -2.37. The lowest BCUT2D eigenvalue weighted by atomic mass is 9.68. The summed E-state index contributed by atoms with van der Waals surface area (Å²) < 4.78 is 5.41. The van der Waals surface area contributed by atoms with Crippen LogP contribution in [0.1, 0.15) is 52.7 Å². The number of ketones is 1. The maximum Gasteiger partial charge on any atom is 0.269 e. The Morgan fingerprint density at radius 3 is 2.66 bits per heavy atom. The van der Waals surface area contributed by atoms with E-state index in [2.05, 4.69) is 23.2 Å². The third-order valence-corrected chi connectivity index (χ3v) is 8.60. The van der Waals surface area contributed by atoms with Crippen molar-refractivity contribution in [1.82, 2.24) is 4.90 Å². The number of nitro groups is 1. The Morgan fingerprint density at radius 2 is 1.95 bits per heavy atom. The van der Waals surface area contributed by atoms with Gasteiger partial charge in [0.2, 0.25) is 5.91 Å². The molecule has 1 N–H and O–H groups in total. The number of nitro benzene ring substituents is 1. The van der Waals surface area contributed by atoms with Crippen LogP contribution < -0.4 is 10.1 Å². The molecule has 2 saturated heterocycles. The zero-order valence-electron chi connectivity index (χ0n) is 21.3. The van der Waals surface area contributed by atoms with Crippen molar-refractivity contribution in [2.45, 2.75) is 43.7 Å². The number of Topliss-reactive ketones (excluding diaryl/α,β-unsaturated/α-hetero) is 1. The van der Waals surface area contributed by atoms with E-state index in [0.717, 1.165) is 41.6 Å². The Labute approximate surface area is 220 Å². The molecular weight excluding hydrogens is 482 g/mol. The molecule has 0 aromatic heterocycles. The first kappa shape index (κ1) is 24.3. The second-order valence-corrected chi connectivity index (χ2v) is 10.3. The van der Waals surface area contributed by atoms with Crippen molar-refractivity contribution in [1.29, 1.82) is 0 Å². The molecule has 8 nitrogen and oxygen atoms in total. The van der Waals surface area contributed by atoms with Crippen molar-refractivity contribution in [3.05, 3.63) is 99.1 Å². The zero-order chi connectivity index (χ0) is 26.6. The first-order valence-corrected chi connectivity index (χ1v) is 13.0. The first-order chi connectivity index (χ1) is 18.4. The molecule has 1 amide bonds. The Bertz CT molecular complexity index is 1450. The average molecular weight is 512 g/mol. The van der Waals surface area contributed by atoms with Crippen molar-refractivity contribution in [2.24, 2.45) is 5.92 Å². The van der Waals surface area contributed by atoms with Gasteiger partial charge in [-0.1, -0.05) is 43.3 Å². The summed E-state index contributed by atoms with van der Waals surface area (Å²) in [5.74, 6) is -0.793. The number of anilines is 1. The highest BCUT2D eigenvalue weighted by Gasteiger charge is 2.69. The highest BCUT2D eigenvalue weighted by Crippen LogP contribution is 2.61. The molecule has 0 aliphatic carbocycles. The maximum absolute atomic E-state index is 14.6. The molecular formula is C30H29N3O5. The number of nitrogens with one attached hydrogen (secondary N) is 1. The van der Waals surface area contributed by atoms with Crippen LogP contribution in [0.5, 0.6) is 5.75 Å². The van der Waals surface area contributed by atoms with Crippen LogP contribution in [-0.4, -0.2) is 41.2 Å². The molecule has 3 aliphatic heterocycles. The summed E-state index contributed by atoms with van der Waals surface area (Å²) >= 11 is 0. The Hall–Kier alpha value is -4.04. The van der Waals surface area contributed by atoms with Crippen LogP contribution in [0.4, 0.5) is 11.4 Å². The highest BCUT2D eigenvalue weighted by molar-refractivity contribution is 6.12. The van der Waals surface area contributed by atoms with Crippen molar-refractivity contribution in [3.63, 3.8) is 0 Å². The van der Waals surface area contributed by atoms with E-state index in [-0.39, 0.29) is 29.3 Å². The van der Waals surface area contributed by atoms with Gasteiger partial charge in [0.1, 0.15) is 11.3 Å². The van der Waals surface area contributed by atoms with E-state index in [1.54, 1.807) is 43.5 Å². The minimum atomic E-state index is -1.17. The molecule has 3 aromatic carbocycles. The predicted molar refractivity (Wildman–Crippen MR) is 143 cm³/mol. The Morgan fingerprint density at radius 1 is 1.16 bits per heavy atom. The molecule has 8 heteroatoms. The highest BCUT2D eigenvalue weighted by atomic mass is 16.6. The van der Waals surface area contributed by atoms with Crippen molar-refractivity contribution in [2.75, 3.05) is 19.0 Å². The van der Waals surface area contributed by atoms with Gasteiger partial charge in [-0.05, 0) is 55.1 Å². The summed E-state index contributed by atoms with van der Waals surface area (Å²) in [5.41, 5.74) is 2.82. The summed E-state index contributed by atoms with van der Waals surface area (Å²) in [6.07, 6.45) is 2.55. The van der Waals surface area contributed by atoms with E-state index in [0.29, 0.717) is 17.9 Å². The number of hydrogen-bond donors (Lipinski definition) is 1. The number of nitrogens with zero attached hydrogens (tertiary/aromatic N) is 2. The quantitative estimate of drug-likeness (QED) is 0.282. The monoisotopic (exact) mass is 511 g/mol. The van der Waals surface area contributed by atoms with Crippen LogP contribution in [-0.2, 0) is 16.8 Å². The first-order valence-electron chi connectivity index (χ1n) is 13.0. The fraction of sp³-hybridized carbons (Fsp3) is 0.333. The maximum atomic E-state index is 14.6. The number of benzene rings is 3. The van der Waals surface area contributed by atoms with E-state index in [9.17, 15) is 19.7 Å². The largest absolute Gasteiger partial charge is 0.497 e. The van der Waals surface area contributed by atoms with E-state index >= 15 is 0 Å². The number of rotatable bonds is 6. The number of carbonyl (C=O) groups excluding carboxylic acids is 2. The van der Waals surface area contributed by atoms with Crippen molar-refractivity contribution in [3.8, 4) is 5.75 Å². The molecule has 3 aliphatic rings. The van der Waals surface area contributed by atoms with Gasteiger partial charge in [0.15, 0.2) is 5.78 Å². The molecule has 2 fully saturated rings. The number of fused-ring (bicyclic) bond motifs is 4. The normalized spacial score (nSPS) is 25.7. The number of methoxy groups -OCH3 is 1. The van der Waals surface area contributed by atoms with E-state index in [1.165, 1.54) is 12.1 Å². The zero-order valence-corrected chi connectivity index (χ0v) is 21.3. The third-order valence-electron chi connectivity index (χ3n) is 8.60. The number of non-ortho nitro benzene ring substituents is 1. The summed E-state index contributed by atoms with van der Waals surface area (Å²) in [6, 6.07) is 19.5. The minimum Gasteiger partial charge on any atom is -0.497 e. The molecule has 4 atom stereocenters. The van der Waals surface area contributed by atoms with Crippen LogP contribution in [0.2, 0.25) is 0 Å². The minimum absolute atomic E-state index is 0.00282. The van der Waals surface area contributed by atoms with E-state index in [1.807, 2.05) is 12.1 Å². The van der Waals surface area contributed by atoms with Crippen LogP contribution in [0.25, 0.3) is 0 Å². The molecule has 6 rings (SSSR count). The smallest absolute Gasteiger partial charge is 0.269 e. The van der Waals surface area contributed by atoms with Crippen LogP contribution in [0.3, 0.4) is 0 Å². The van der Waals surface area contributed by atoms with Crippen molar-refractivity contribution < 1.29 is 19.2 Å². The lowest BCUT2D eigenvalue weighted by molar-refractivity contribution is -0.384. The third kappa shape index (κ3) is 3.40. The number of carbonyl (C=O) groups is 2. The van der Waals surface area contributed by atoms with Gasteiger partial charge in [-0.2, -0.15) is 0 Å². The van der Waals surface area contributed by atoms with Crippen molar-refractivity contribution >= 4 is 23.1 Å². The summed E-state index contributed by atoms with van der Waals surface area (Å²) in [6.45, 7) is 2.77. The number of amides is 1. The number of hydrogen-bond acceptors (Lipinski definition) is 6. The SMILES string of the molecule is CCc1ccc2c(c1)[C@]1(C(=O)N2)C(C(=O)c2cccc(OC)c2)C(c2ccc([N+](=O)[O-])cc2)C2CCCN21. The molecule has 3 aromatic rings. The van der Waals surface area contributed by atoms with Gasteiger partial charge in [-0.25, -0.2) is 0 Å². The van der Waals surface area contributed by atoms with Gasteiger partial charge in [0.05, 0.1) is 18.0 Å². The fourth-order valence-electron chi connectivity index (χ4n) is 6.98. The molecule has 3 unspecified atom stereocenters. The van der Waals surface area contributed by atoms with Gasteiger partial charge < -0.3 is 10.1 Å². The van der Waals surface area contributed by atoms with Crippen LogP contribution in [0, 0.1) is 16.0 Å². The standard InChI is InChI=1S/C30H29N3O5/c1-3-18-9-14-24-23(16-18)30(29(35)31-24)27(28(34)20-6-4-7-22(17-20)38-2)26(25-8-5-15-32(25)30)19-10-12-21(13-11-19)33(36)37/h4,6-7,9-14,16-17,25-27H,3,5,8,15H2,1-2H3,(H,31,35)/t25?,26?,27?,30-/m1/s1. The van der Waals surface area contributed by atoms with Gasteiger partial charge in [0.25, 0.3) is 5.69 Å². The Balaban J connectivity index is 1.60.